The Labute approximate surface area is 233 Å². The van der Waals surface area contributed by atoms with Crippen LogP contribution in [0.25, 0.3) is 5.76 Å². The molecule has 1 fully saturated rings. The van der Waals surface area contributed by atoms with Crippen LogP contribution in [0.5, 0.6) is 5.75 Å². The van der Waals surface area contributed by atoms with Crippen molar-refractivity contribution in [2.75, 3.05) is 33.1 Å². The monoisotopic (exact) mass is 556 g/mol. The fourth-order valence-corrected chi connectivity index (χ4v) is 6.82. The molecule has 1 saturated carbocycles. The molecule has 0 aromatic heterocycles. The second-order valence-electron chi connectivity index (χ2n) is 12.9. The highest BCUT2D eigenvalue weighted by atomic mass is 16.3. The predicted molar refractivity (Wildman–Crippen MR) is 150 cm³/mol. The number of phenolic OH excluding ortho intramolecular Hbond substituents is 1. The Morgan fingerprint density at radius 2 is 1.75 bits per heavy atom. The Morgan fingerprint density at radius 1 is 1.15 bits per heavy atom. The van der Waals surface area contributed by atoms with Crippen molar-refractivity contribution in [1.82, 2.24) is 10.2 Å². The minimum absolute atomic E-state index is 0.0136. The predicted octanol–water partition coefficient (Wildman–Crippen LogP) is 1.31. The highest BCUT2D eigenvalue weighted by Crippen LogP contribution is 2.59. The van der Waals surface area contributed by atoms with E-state index >= 15 is 0 Å². The van der Waals surface area contributed by atoms with Crippen molar-refractivity contribution in [2.45, 2.75) is 64.3 Å². The van der Waals surface area contributed by atoms with Gasteiger partial charge in [0.25, 0.3) is 5.91 Å². The van der Waals surface area contributed by atoms with Crippen LogP contribution in [0, 0.1) is 11.3 Å². The Morgan fingerprint density at radius 3 is 2.25 bits per heavy atom. The average molecular weight is 557 g/mol. The third-order valence-corrected chi connectivity index (χ3v) is 8.62. The summed E-state index contributed by atoms with van der Waals surface area (Å²) >= 11 is 0. The molecule has 1 aromatic rings. The number of Topliss-reactive ketones (excluding diaryl/α,β-unsaturated/α-hetero) is 2. The van der Waals surface area contributed by atoms with E-state index in [1.165, 1.54) is 11.8 Å². The van der Waals surface area contributed by atoms with Crippen molar-refractivity contribution in [3.8, 4) is 5.75 Å². The number of carbonyl (C=O) groups is 3. The maximum absolute atomic E-state index is 14.2. The summed E-state index contributed by atoms with van der Waals surface area (Å²) in [6.45, 7) is 7.75. The lowest BCUT2D eigenvalue weighted by molar-refractivity contribution is -0.171. The molecule has 1 amide bonds. The first-order chi connectivity index (χ1) is 18.3. The fraction of sp³-hybridized carbons (Fsp3) is 0.552. The Hall–Kier alpha value is -3.41. The second kappa shape index (κ2) is 9.32. The van der Waals surface area contributed by atoms with Gasteiger partial charge in [0, 0.05) is 48.4 Å². The van der Waals surface area contributed by atoms with Gasteiger partial charge in [-0.2, -0.15) is 0 Å². The quantitative estimate of drug-likeness (QED) is 0.290. The SMILES string of the molecule is CN(C)c1cc(CNC(C)(C)C)c(O)c2c1C[C@H]1C[C@@]3(C)[C@H](N(C)C)C(=O)C(C(N)=O)=C(O)[C@@]3(O)C(=O)C1=C2O. The van der Waals surface area contributed by atoms with Gasteiger partial charge in [-0.3, -0.25) is 19.3 Å². The summed E-state index contributed by atoms with van der Waals surface area (Å²) in [5.74, 6) is -5.55. The van der Waals surface area contributed by atoms with E-state index in [1.807, 2.05) is 45.8 Å². The molecule has 218 valence electrons. The van der Waals surface area contributed by atoms with Crippen LogP contribution >= 0.6 is 0 Å². The van der Waals surface area contributed by atoms with E-state index in [9.17, 15) is 34.8 Å². The summed E-state index contributed by atoms with van der Waals surface area (Å²) in [6.07, 6.45) is 0.238. The lowest BCUT2D eigenvalue weighted by Gasteiger charge is -2.57. The molecule has 0 aliphatic heterocycles. The first kappa shape index (κ1) is 29.6. The van der Waals surface area contributed by atoms with Gasteiger partial charge in [-0.15, -0.1) is 0 Å². The van der Waals surface area contributed by atoms with Gasteiger partial charge in [-0.25, -0.2) is 0 Å². The van der Waals surface area contributed by atoms with Gasteiger partial charge >= 0.3 is 0 Å². The number of ketones is 2. The number of fused-ring (bicyclic) bond motifs is 3. The highest BCUT2D eigenvalue weighted by Gasteiger charge is 2.70. The number of rotatable bonds is 5. The van der Waals surface area contributed by atoms with Crippen LogP contribution in [-0.2, 0) is 27.3 Å². The summed E-state index contributed by atoms with van der Waals surface area (Å²) < 4.78 is 0. The van der Waals surface area contributed by atoms with Crippen molar-refractivity contribution in [3.05, 3.63) is 39.7 Å². The highest BCUT2D eigenvalue weighted by molar-refractivity contribution is 6.25. The summed E-state index contributed by atoms with van der Waals surface area (Å²) in [4.78, 5) is 43.2. The van der Waals surface area contributed by atoms with Gasteiger partial charge in [0.05, 0.1) is 11.6 Å². The van der Waals surface area contributed by atoms with E-state index in [0.29, 0.717) is 11.1 Å². The number of aliphatic hydroxyl groups is 3. The molecule has 4 rings (SSSR count). The number of nitrogens with zero attached hydrogens (tertiary/aromatic N) is 2. The van der Waals surface area contributed by atoms with Gasteiger partial charge in [0.2, 0.25) is 5.78 Å². The van der Waals surface area contributed by atoms with Gasteiger partial charge in [-0.1, -0.05) is 6.92 Å². The summed E-state index contributed by atoms with van der Waals surface area (Å²) in [5.41, 5.74) is 1.81. The number of likely N-dealkylation sites (N-methyl/N-ethyl adjacent to an activating group) is 1. The van der Waals surface area contributed by atoms with Gasteiger partial charge in [0.15, 0.2) is 11.4 Å². The number of anilines is 1. The lowest BCUT2D eigenvalue weighted by atomic mass is 9.50. The van der Waals surface area contributed by atoms with E-state index in [4.69, 9.17) is 5.73 Å². The summed E-state index contributed by atoms with van der Waals surface area (Å²) in [7, 11) is 6.83. The molecule has 3 aliphatic rings. The molecule has 0 heterocycles. The average Bonchev–Trinajstić information content (AvgIpc) is 2.79. The molecule has 0 radical (unpaired) electrons. The van der Waals surface area contributed by atoms with Gasteiger partial charge in [-0.05, 0) is 65.3 Å². The number of nitrogens with two attached hydrogens (primary N) is 1. The van der Waals surface area contributed by atoms with E-state index in [1.54, 1.807) is 14.1 Å². The Kier molecular flexibility index (Phi) is 6.89. The molecular weight excluding hydrogens is 516 g/mol. The fourth-order valence-electron chi connectivity index (χ4n) is 6.82. The van der Waals surface area contributed by atoms with Crippen molar-refractivity contribution < 1.29 is 34.8 Å². The van der Waals surface area contributed by atoms with Crippen LogP contribution in [0.15, 0.2) is 23.0 Å². The minimum Gasteiger partial charge on any atom is -0.508 e. The van der Waals surface area contributed by atoms with Crippen molar-refractivity contribution in [2.24, 2.45) is 17.1 Å². The zero-order valence-electron chi connectivity index (χ0n) is 24.3. The molecule has 0 spiro atoms. The number of hydrogen-bond donors (Lipinski definition) is 6. The molecular formula is C29H40N4O7. The normalized spacial score (nSPS) is 28.4. The maximum Gasteiger partial charge on any atom is 0.255 e. The smallest absolute Gasteiger partial charge is 0.255 e. The van der Waals surface area contributed by atoms with Crippen molar-refractivity contribution >= 4 is 28.9 Å². The number of phenols is 1. The number of nitrogens with one attached hydrogen (secondary N) is 1. The molecule has 0 saturated heterocycles. The molecule has 7 N–H and O–H groups in total. The molecule has 0 unspecified atom stereocenters. The number of aromatic hydroxyl groups is 1. The van der Waals surface area contributed by atoms with E-state index in [0.717, 1.165) is 5.69 Å². The number of amides is 1. The number of hydrogen-bond acceptors (Lipinski definition) is 10. The second-order valence-corrected chi connectivity index (χ2v) is 12.9. The number of benzene rings is 1. The zero-order valence-corrected chi connectivity index (χ0v) is 24.3. The molecule has 1 aromatic carbocycles. The third-order valence-electron chi connectivity index (χ3n) is 8.62. The van der Waals surface area contributed by atoms with Crippen LogP contribution in [0.1, 0.15) is 50.8 Å². The van der Waals surface area contributed by atoms with E-state index < -0.39 is 57.5 Å². The van der Waals surface area contributed by atoms with Gasteiger partial charge < -0.3 is 36.4 Å². The molecule has 11 heteroatoms. The van der Waals surface area contributed by atoms with Crippen LogP contribution in [0.3, 0.4) is 0 Å². The van der Waals surface area contributed by atoms with Crippen molar-refractivity contribution in [3.63, 3.8) is 0 Å². The maximum atomic E-state index is 14.2. The van der Waals surface area contributed by atoms with Crippen LogP contribution in [0.4, 0.5) is 5.69 Å². The zero-order chi connectivity index (χ0) is 30.3. The number of primary amides is 1. The molecule has 3 aliphatic carbocycles. The third kappa shape index (κ3) is 4.02. The van der Waals surface area contributed by atoms with Crippen LogP contribution in [0.2, 0.25) is 0 Å². The standard InChI is InChI=1S/C29H40N4O7/c1-27(2,3)31-12-14-10-16(32(5)6)15-9-13-11-28(4)23(33(7)8)22(36)19(26(30)39)25(38)29(28,40)24(37)17(13)21(35)18(15)20(14)34/h10,13,23,31,34-35,38,40H,9,11-12H2,1-8H3,(H2,30,39)/t13-,23+,28-,29-/m0/s1. The molecule has 11 nitrogen and oxygen atoms in total. The van der Waals surface area contributed by atoms with Crippen LogP contribution < -0.4 is 16.0 Å². The molecule has 4 atom stereocenters. The van der Waals surface area contributed by atoms with Crippen molar-refractivity contribution in [1.29, 1.82) is 0 Å². The first-order valence-corrected chi connectivity index (χ1v) is 13.2. The Bertz CT molecular complexity index is 1390. The largest absolute Gasteiger partial charge is 0.508 e. The Balaban J connectivity index is 2.00. The van der Waals surface area contributed by atoms with E-state index in [-0.39, 0.29) is 41.8 Å². The van der Waals surface area contributed by atoms with Gasteiger partial charge in [0.1, 0.15) is 22.8 Å². The number of carbonyl (C=O) groups excluding carboxylic acids is 3. The molecule has 40 heavy (non-hydrogen) atoms. The van der Waals surface area contributed by atoms with E-state index in [2.05, 4.69) is 5.32 Å². The minimum atomic E-state index is -2.72. The van der Waals surface area contributed by atoms with Crippen LogP contribution in [-0.4, -0.2) is 88.2 Å². The first-order valence-electron chi connectivity index (χ1n) is 13.2. The topological polar surface area (TPSA) is 177 Å². The molecule has 0 bridgehead atoms. The summed E-state index contributed by atoms with van der Waals surface area (Å²) in [6, 6.07) is 0.673. The summed E-state index contributed by atoms with van der Waals surface area (Å²) in [5, 5.41) is 49.4. The lowest BCUT2D eigenvalue weighted by Crippen LogP contribution is -2.71. The number of aliphatic hydroxyl groups excluding tert-OH is 2.